The van der Waals surface area contributed by atoms with E-state index in [-0.39, 0.29) is 29.4 Å². The van der Waals surface area contributed by atoms with Gasteiger partial charge < -0.3 is 34.2 Å². The molecule has 1 heterocycles. The zero-order chi connectivity index (χ0) is 34.5. The Morgan fingerprint density at radius 3 is 2.23 bits per heavy atom. The number of hydrogen-bond donors (Lipinski definition) is 2. The highest BCUT2D eigenvalue weighted by Crippen LogP contribution is 2.65. The summed E-state index contributed by atoms with van der Waals surface area (Å²) in [5.74, 6) is 0.113. The molecule has 2 N–H and O–H groups in total. The van der Waals surface area contributed by atoms with Crippen molar-refractivity contribution in [1.82, 2.24) is 10.6 Å². The number of carbonyl (C=O) groups is 3. The number of alkyl carbamates (subject to hydrolysis) is 1. The highest BCUT2D eigenvalue weighted by Gasteiger charge is 2.68. The smallest absolute Gasteiger partial charge is 0.482 e. The second-order valence-electron chi connectivity index (χ2n) is 16.9. The molecule has 260 valence electrons. The number of benzene rings is 1. The molecule has 1 saturated heterocycles. The van der Waals surface area contributed by atoms with E-state index in [0.29, 0.717) is 55.3 Å². The minimum atomic E-state index is -0.665. The second-order valence-corrected chi connectivity index (χ2v) is 16.9. The van der Waals surface area contributed by atoms with Crippen LogP contribution in [0.1, 0.15) is 117 Å². The number of hydrogen-bond acceptors (Lipinski definition) is 8. The molecule has 5 atom stereocenters. The van der Waals surface area contributed by atoms with Crippen molar-refractivity contribution in [2.45, 2.75) is 142 Å². The quantitative estimate of drug-likeness (QED) is 0.258. The van der Waals surface area contributed by atoms with Gasteiger partial charge in [-0.3, -0.25) is 4.79 Å². The summed E-state index contributed by atoms with van der Waals surface area (Å²) in [7, 11) is 0.876. The molecule has 5 fully saturated rings. The third-order valence-electron chi connectivity index (χ3n) is 10.8. The first-order valence-corrected chi connectivity index (χ1v) is 17.3. The van der Waals surface area contributed by atoms with Crippen molar-refractivity contribution in [2.24, 2.45) is 23.2 Å². The van der Waals surface area contributed by atoms with Crippen molar-refractivity contribution in [3.8, 4) is 5.75 Å². The fraction of sp³-hybridized carbons (Fsp3) is 0.750. The molecule has 1 aromatic rings. The molecule has 1 aliphatic heterocycles. The summed E-state index contributed by atoms with van der Waals surface area (Å²) < 4.78 is 30.4. The summed E-state index contributed by atoms with van der Waals surface area (Å²) in [4.78, 5) is 39.3. The minimum Gasteiger partial charge on any atom is -0.496 e. The van der Waals surface area contributed by atoms with Gasteiger partial charge in [0.15, 0.2) is 0 Å². The molecule has 4 unspecified atom stereocenters. The molecule has 4 aliphatic carbocycles. The lowest BCUT2D eigenvalue weighted by Crippen LogP contribution is -2.65. The summed E-state index contributed by atoms with van der Waals surface area (Å²) in [6.45, 7) is 17.8. The van der Waals surface area contributed by atoms with E-state index >= 15 is 0 Å². The van der Waals surface area contributed by atoms with Gasteiger partial charge in [-0.2, -0.15) is 0 Å². The molecule has 2 amide bonds. The van der Waals surface area contributed by atoms with Gasteiger partial charge in [0.25, 0.3) is 0 Å². The van der Waals surface area contributed by atoms with Gasteiger partial charge in [-0.1, -0.05) is 26.0 Å². The number of carbonyl (C=O) groups excluding carboxylic acids is 3. The van der Waals surface area contributed by atoms with Crippen LogP contribution < -0.4 is 15.4 Å². The standard InChI is InChI=1S/C36H55BN2O8/c1-33(2,3)44-31(41)25-13-11-12-22(29(25)43-10)18-28(37-46-27-20-23-19-26(35(23,7)8)36(27,9)47-37)39-30(40)21-14-16-24(17-15-21)38-32(42)45-34(4,5)6/h11-13,21,23-24,26-28H,14-20H2,1-10H3,(H,38,42)(H,39,40)/t21?,23?,24?,26?,27?,28-,36?/m0/s1. The third-order valence-corrected chi connectivity index (χ3v) is 10.8. The fourth-order valence-corrected chi connectivity index (χ4v) is 8.28. The predicted molar refractivity (Wildman–Crippen MR) is 179 cm³/mol. The van der Waals surface area contributed by atoms with E-state index < -0.39 is 41.9 Å². The SMILES string of the molecule is COc1c(C[C@H](NC(=O)C2CCC(NC(=O)OC(C)(C)C)CC2)B2OC3CC4CC(C4(C)C)C3(C)O2)cccc1C(=O)OC(C)(C)C. The molecule has 4 saturated carbocycles. The Balaban J connectivity index is 1.33. The van der Waals surface area contributed by atoms with E-state index in [9.17, 15) is 14.4 Å². The first-order valence-electron chi connectivity index (χ1n) is 17.3. The molecular formula is C36H55BN2O8. The number of esters is 1. The van der Waals surface area contributed by atoms with Gasteiger partial charge in [-0.15, -0.1) is 0 Å². The van der Waals surface area contributed by atoms with Gasteiger partial charge in [0.05, 0.1) is 24.8 Å². The van der Waals surface area contributed by atoms with Crippen LogP contribution >= 0.6 is 0 Å². The minimum absolute atomic E-state index is 0.0380. The van der Waals surface area contributed by atoms with Gasteiger partial charge in [0, 0.05) is 12.0 Å². The van der Waals surface area contributed by atoms with Gasteiger partial charge >= 0.3 is 19.2 Å². The first kappa shape index (κ1) is 35.5. The highest BCUT2D eigenvalue weighted by atomic mass is 16.7. The van der Waals surface area contributed by atoms with Crippen molar-refractivity contribution in [1.29, 1.82) is 0 Å². The third kappa shape index (κ3) is 7.61. The summed E-state index contributed by atoms with van der Waals surface area (Å²) >= 11 is 0. The average molecular weight is 655 g/mol. The number of methoxy groups -OCH3 is 1. The number of para-hydroxylation sites is 1. The monoisotopic (exact) mass is 654 g/mol. The van der Waals surface area contributed by atoms with Crippen molar-refractivity contribution in [2.75, 3.05) is 7.11 Å². The lowest BCUT2D eigenvalue weighted by Gasteiger charge is -2.64. The Morgan fingerprint density at radius 2 is 1.64 bits per heavy atom. The van der Waals surface area contributed by atoms with Crippen LogP contribution in [0.15, 0.2) is 18.2 Å². The number of amides is 2. The predicted octanol–water partition coefficient (Wildman–Crippen LogP) is 6.03. The van der Waals surface area contributed by atoms with Crippen molar-refractivity contribution in [3.63, 3.8) is 0 Å². The largest absolute Gasteiger partial charge is 0.496 e. The number of nitrogens with one attached hydrogen (secondary N) is 2. The van der Waals surface area contributed by atoms with E-state index in [1.807, 2.05) is 53.7 Å². The van der Waals surface area contributed by atoms with Crippen LogP contribution in [-0.2, 0) is 30.0 Å². The van der Waals surface area contributed by atoms with Crippen LogP contribution in [0, 0.1) is 23.2 Å². The molecule has 10 nitrogen and oxygen atoms in total. The number of rotatable bonds is 8. The summed E-state index contributed by atoms with van der Waals surface area (Å²) in [6, 6.07) is 5.37. The van der Waals surface area contributed by atoms with Crippen LogP contribution in [0.3, 0.4) is 0 Å². The molecule has 0 radical (unpaired) electrons. The zero-order valence-corrected chi connectivity index (χ0v) is 30.0. The maximum absolute atomic E-state index is 13.9. The topological polar surface area (TPSA) is 121 Å². The van der Waals surface area contributed by atoms with Crippen molar-refractivity contribution in [3.05, 3.63) is 29.3 Å². The Bertz CT molecular complexity index is 1350. The maximum Gasteiger partial charge on any atom is 0.482 e. The lowest BCUT2D eigenvalue weighted by molar-refractivity contribution is -0.199. The Hall–Kier alpha value is -2.79. The van der Waals surface area contributed by atoms with E-state index in [0.717, 1.165) is 18.4 Å². The van der Waals surface area contributed by atoms with Crippen LogP contribution in [0.25, 0.3) is 0 Å². The summed E-state index contributed by atoms with van der Waals surface area (Å²) in [5.41, 5.74) is -0.415. The molecule has 0 spiro atoms. The number of ether oxygens (including phenoxy) is 3. The Labute approximate surface area is 280 Å². The van der Waals surface area contributed by atoms with Crippen LogP contribution in [0.2, 0.25) is 0 Å². The van der Waals surface area contributed by atoms with Crippen molar-refractivity contribution < 1.29 is 37.9 Å². The molecule has 2 bridgehead atoms. The van der Waals surface area contributed by atoms with Crippen molar-refractivity contribution >= 4 is 25.1 Å². The average Bonchev–Trinajstić information content (AvgIpc) is 3.32. The zero-order valence-electron chi connectivity index (χ0n) is 30.0. The molecular weight excluding hydrogens is 599 g/mol. The Kier molecular flexibility index (Phi) is 9.76. The van der Waals surface area contributed by atoms with E-state index in [1.165, 1.54) is 7.11 Å². The van der Waals surface area contributed by atoms with Gasteiger partial charge in [-0.25, -0.2) is 9.59 Å². The molecule has 47 heavy (non-hydrogen) atoms. The lowest BCUT2D eigenvalue weighted by atomic mass is 9.43. The summed E-state index contributed by atoms with van der Waals surface area (Å²) in [6.07, 6.45) is 4.56. The van der Waals surface area contributed by atoms with Gasteiger partial charge in [-0.05, 0) is 122 Å². The van der Waals surface area contributed by atoms with E-state index in [2.05, 4.69) is 31.4 Å². The molecule has 5 aliphatic rings. The van der Waals surface area contributed by atoms with Crippen LogP contribution in [0.4, 0.5) is 4.79 Å². The van der Waals surface area contributed by atoms with E-state index in [4.69, 9.17) is 23.5 Å². The first-order chi connectivity index (χ1) is 21.8. The highest BCUT2D eigenvalue weighted by molar-refractivity contribution is 6.48. The van der Waals surface area contributed by atoms with Gasteiger partial charge in [0.2, 0.25) is 5.91 Å². The van der Waals surface area contributed by atoms with Crippen LogP contribution in [0.5, 0.6) is 5.75 Å². The van der Waals surface area contributed by atoms with Gasteiger partial charge in [0.1, 0.15) is 22.5 Å². The molecule has 6 rings (SSSR count). The molecule has 1 aromatic carbocycles. The fourth-order valence-electron chi connectivity index (χ4n) is 8.28. The van der Waals surface area contributed by atoms with E-state index in [1.54, 1.807) is 6.07 Å². The van der Waals surface area contributed by atoms with Crippen LogP contribution in [-0.4, -0.2) is 67.1 Å². The maximum atomic E-state index is 13.9. The normalized spacial score (nSPS) is 30.3. The second kappa shape index (κ2) is 12.9. The summed E-state index contributed by atoms with van der Waals surface area (Å²) in [5, 5.41) is 6.26. The molecule has 0 aromatic heterocycles. The Morgan fingerprint density at radius 1 is 0.979 bits per heavy atom. The molecule has 11 heteroatoms.